The Morgan fingerprint density at radius 2 is 1.29 bits per heavy atom. The van der Waals surface area contributed by atoms with Crippen LogP contribution in [0.25, 0.3) is 11.1 Å². The quantitative estimate of drug-likeness (QED) is 0.0633. The summed E-state index contributed by atoms with van der Waals surface area (Å²) in [4.78, 5) is 96.0. The van der Waals surface area contributed by atoms with Crippen LogP contribution in [0.3, 0.4) is 0 Å². The largest absolute Gasteiger partial charge is 0.507 e. The molecule has 18 heteroatoms. The Morgan fingerprint density at radius 1 is 0.742 bits per heavy atom. The standard InChI is InChI=1S/C48H73N7O11/c1-7-8-9-10-11-12-13-14-15-16-17-18-19-20-40(59)54(4)37(30-56)46(63)51-31(2)44(61)50-29-41(60)55(5)43-34-22-24-39(58)36(28-34)35-27-33(21-23-38(35)57)42(47(64)49-25-26-66-6)53-45(62)32(3)52-48(43)65/h21-24,27-28,31-32,37,42-43,56-58H,7-20,25-26,29-30H2,1-6H3,(H,49,64)(H,50,61)(H,51,63)(H,52,65)(H,53,62)/t31-,32+,37-,42+,43+/m1/s1. The number of amides is 7. The maximum absolute atomic E-state index is 14.0. The average Bonchev–Trinajstić information content (AvgIpc) is 3.29. The van der Waals surface area contributed by atoms with Gasteiger partial charge in [-0.1, -0.05) is 96.1 Å². The Labute approximate surface area is 389 Å². The molecule has 8 N–H and O–H groups in total. The van der Waals surface area contributed by atoms with E-state index in [4.69, 9.17) is 4.74 Å². The van der Waals surface area contributed by atoms with Gasteiger partial charge < -0.3 is 56.4 Å². The number of hydrogen-bond acceptors (Lipinski definition) is 11. The lowest BCUT2D eigenvalue weighted by Crippen LogP contribution is -2.55. The van der Waals surface area contributed by atoms with Crippen molar-refractivity contribution in [2.24, 2.45) is 0 Å². The van der Waals surface area contributed by atoms with Crippen molar-refractivity contribution in [3.63, 3.8) is 0 Å². The van der Waals surface area contributed by atoms with Crippen molar-refractivity contribution >= 4 is 41.4 Å². The summed E-state index contributed by atoms with van der Waals surface area (Å²) in [6.45, 7) is 3.99. The Balaban J connectivity index is 1.63. The van der Waals surface area contributed by atoms with Crippen LogP contribution in [0.1, 0.15) is 134 Å². The van der Waals surface area contributed by atoms with Crippen LogP contribution in [-0.2, 0) is 38.3 Å². The van der Waals surface area contributed by atoms with E-state index >= 15 is 0 Å². The van der Waals surface area contributed by atoms with Gasteiger partial charge in [0.2, 0.25) is 41.4 Å². The summed E-state index contributed by atoms with van der Waals surface area (Å²) in [6.07, 6.45) is 15.3. The zero-order valence-electron chi connectivity index (χ0n) is 39.6. The predicted molar refractivity (Wildman–Crippen MR) is 249 cm³/mol. The number of rotatable bonds is 26. The lowest BCUT2D eigenvalue weighted by molar-refractivity contribution is -0.142. The van der Waals surface area contributed by atoms with E-state index in [9.17, 15) is 48.9 Å². The predicted octanol–water partition coefficient (Wildman–Crippen LogP) is 3.62. The van der Waals surface area contributed by atoms with Crippen LogP contribution in [0.5, 0.6) is 11.5 Å². The molecule has 2 aromatic rings. The summed E-state index contributed by atoms with van der Waals surface area (Å²) in [5, 5.41) is 44.8. The van der Waals surface area contributed by atoms with Crippen LogP contribution in [0, 0.1) is 0 Å². The summed E-state index contributed by atoms with van der Waals surface area (Å²) in [7, 11) is 4.19. The van der Waals surface area contributed by atoms with Gasteiger partial charge in [-0.15, -0.1) is 0 Å². The molecule has 0 saturated carbocycles. The van der Waals surface area contributed by atoms with Gasteiger partial charge >= 0.3 is 0 Å². The molecule has 0 aromatic heterocycles. The molecule has 7 amide bonds. The lowest BCUT2D eigenvalue weighted by Gasteiger charge is -2.30. The Morgan fingerprint density at radius 3 is 1.85 bits per heavy atom. The van der Waals surface area contributed by atoms with E-state index in [0.29, 0.717) is 6.42 Å². The number of methoxy groups -OCH3 is 1. The molecule has 0 spiro atoms. The molecule has 66 heavy (non-hydrogen) atoms. The third-order valence-electron chi connectivity index (χ3n) is 11.9. The minimum atomic E-state index is -1.45. The number of phenols is 2. The van der Waals surface area contributed by atoms with E-state index in [0.717, 1.165) is 24.2 Å². The zero-order valence-corrected chi connectivity index (χ0v) is 39.6. The maximum Gasteiger partial charge on any atom is 0.248 e. The van der Waals surface area contributed by atoms with Gasteiger partial charge in [0.25, 0.3) is 0 Å². The molecule has 5 atom stereocenters. The number of likely N-dealkylation sites (N-methyl/N-ethyl adjacent to an activating group) is 2. The summed E-state index contributed by atoms with van der Waals surface area (Å²) >= 11 is 0. The van der Waals surface area contributed by atoms with Gasteiger partial charge in [0.1, 0.15) is 41.7 Å². The first-order valence-electron chi connectivity index (χ1n) is 23.3. The normalized spacial score (nSPS) is 16.8. The SMILES string of the molecule is CCCCCCCCCCCCCCCC(=O)N(C)[C@H](CO)C(=O)N[C@H](C)C(=O)NCC(=O)N(C)[C@@H]1C(=O)N[C@@H](C)C(=O)N[C@H](C(=O)NCCOC)c2ccc(O)c(c2)-c2cc1ccc2O. The number of carbonyl (C=O) groups is 7. The first kappa shape index (κ1) is 54.6. The monoisotopic (exact) mass is 924 g/mol. The van der Waals surface area contributed by atoms with Crippen molar-refractivity contribution in [3.05, 3.63) is 47.5 Å². The number of unbranched alkanes of at least 4 members (excludes halogenated alkanes) is 12. The number of nitrogens with one attached hydrogen (secondary N) is 5. The summed E-state index contributed by atoms with van der Waals surface area (Å²) in [5.74, 6) is -5.37. The second kappa shape index (κ2) is 28.3. The van der Waals surface area contributed by atoms with Crippen LogP contribution in [0.15, 0.2) is 36.4 Å². The highest BCUT2D eigenvalue weighted by atomic mass is 16.5. The second-order valence-corrected chi connectivity index (χ2v) is 17.1. The van der Waals surface area contributed by atoms with Crippen molar-refractivity contribution < 1.29 is 53.6 Å². The van der Waals surface area contributed by atoms with Gasteiger partial charge in [0.15, 0.2) is 0 Å². The van der Waals surface area contributed by atoms with Crippen LogP contribution in [0.2, 0.25) is 0 Å². The highest BCUT2D eigenvalue weighted by molar-refractivity contribution is 5.97. The number of aliphatic hydroxyl groups excluding tert-OH is 1. The van der Waals surface area contributed by atoms with Crippen LogP contribution in [0.4, 0.5) is 0 Å². The minimum Gasteiger partial charge on any atom is -0.507 e. The van der Waals surface area contributed by atoms with E-state index in [1.165, 1.54) is 134 Å². The first-order chi connectivity index (χ1) is 31.6. The van der Waals surface area contributed by atoms with Gasteiger partial charge in [0, 0.05) is 45.3 Å². The fourth-order valence-corrected chi connectivity index (χ4v) is 7.73. The molecule has 0 radical (unpaired) electrons. The number of benzene rings is 2. The summed E-state index contributed by atoms with van der Waals surface area (Å²) < 4.78 is 5.01. The van der Waals surface area contributed by atoms with E-state index in [1.807, 2.05) is 0 Å². The number of ether oxygens (including phenoxy) is 1. The molecule has 2 aromatic carbocycles. The van der Waals surface area contributed by atoms with Crippen LogP contribution in [-0.4, -0.2) is 132 Å². The highest BCUT2D eigenvalue weighted by Crippen LogP contribution is 2.39. The Bertz CT molecular complexity index is 1950. The molecule has 0 aliphatic carbocycles. The number of nitrogens with zero attached hydrogens (tertiary/aromatic N) is 2. The molecule has 18 nitrogen and oxygen atoms in total. The van der Waals surface area contributed by atoms with Gasteiger partial charge in [-0.3, -0.25) is 33.6 Å². The molecule has 1 heterocycles. The van der Waals surface area contributed by atoms with Crippen molar-refractivity contribution in [2.75, 3.05) is 47.5 Å². The van der Waals surface area contributed by atoms with E-state index < -0.39 is 78.8 Å². The van der Waals surface area contributed by atoms with Crippen molar-refractivity contribution in [1.29, 1.82) is 0 Å². The lowest BCUT2D eigenvalue weighted by atomic mass is 9.94. The third-order valence-corrected chi connectivity index (χ3v) is 11.9. The molecule has 0 fully saturated rings. The Kier molecular flexibility index (Phi) is 23.4. The van der Waals surface area contributed by atoms with Crippen LogP contribution < -0.4 is 26.6 Å². The Hall–Kier alpha value is -5.75. The highest BCUT2D eigenvalue weighted by Gasteiger charge is 2.34. The summed E-state index contributed by atoms with van der Waals surface area (Å²) in [5.41, 5.74) is 0.532. The number of aromatic hydroxyl groups is 2. The number of fused-ring (bicyclic) bond motifs is 5. The molecule has 4 bridgehead atoms. The topological polar surface area (TPSA) is 256 Å². The van der Waals surface area contributed by atoms with Crippen molar-refractivity contribution in [1.82, 2.24) is 36.4 Å². The fraction of sp³-hybridized carbons (Fsp3) is 0.604. The molecular weight excluding hydrogens is 851 g/mol. The van der Waals surface area contributed by atoms with Crippen molar-refractivity contribution in [3.8, 4) is 22.6 Å². The molecule has 1 aliphatic heterocycles. The summed E-state index contributed by atoms with van der Waals surface area (Å²) in [6, 6.07) is 1.80. The van der Waals surface area contributed by atoms with Crippen molar-refractivity contribution in [2.45, 2.75) is 141 Å². The molecule has 0 saturated heterocycles. The molecular formula is C48H73N7O11. The van der Waals surface area contributed by atoms with E-state index in [-0.39, 0.29) is 59.2 Å². The fourth-order valence-electron chi connectivity index (χ4n) is 7.73. The maximum atomic E-state index is 14.0. The van der Waals surface area contributed by atoms with Crippen LogP contribution >= 0.6 is 0 Å². The minimum absolute atomic E-state index is 0.0497. The van der Waals surface area contributed by atoms with Gasteiger partial charge in [-0.25, -0.2) is 0 Å². The smallest absolute Gasteiger partial charge is 0.248 e. The van der Waals surface area contributed by atoms with E-state index in [1.54, 1.807) is 0 Å². The number of aliphatic hydroxyl groups is 1. The number of carbonyl (C=O) groups excluding carboxylic acids is 7. The molecule has 1 aliphatic rings. The van der Waals surface area contributed by atoms with Gasteiger partial charge in [0.05, 0.1) is 19.8 Å². The molecule has 3 rings (SSSR count). The zero-order chi connectivity index (χ0) is 48.8. The number of phenolic OH excluding ortho intramolecular Hbond substituents is 2. The van der Waals surface area contributed by atoms with E-state index in [2.05, 4.69) is 33.5 Å². The van der Waals surface area contributed by atoms with Gasteiger partial charge in [-0.2, -0.15) is 0 Å². The van der Waals surface area contributed by atoms with Gasteiger partial charge in [-0.05, 0) is 55.7 Å². The molecule has 0 unspecified atom stereocenters. The second-order valence-electron chi connectivity index (χ2n) is 17.1. The number of hydrogen-bond donors (Lipinski definition) is 8. The third kappa shape index (κ3) is 16.6. The molecule has 366 valence electrons. The average molecular weight is 924 g/mol. The first-order valence-corrected chi connectivity index (χ1v) is 23.3.